The standard InChI is InChI=1S/C20H24N2O3/c1-3-18(25-17-12-9-15(2)10-13-17)20(24)22-21-19(23)14-11-16-7-5-4-6-8-16/h4-10,12-13,18H,3,11,14H2,1-2H3,(H,21,23)(H,22,24). The van der Waals surface area contributed by atoms with Crippen LogP contribution in [0, 0.1) is 6.92 Å². The van der Waals surface area contributed by atoms with E-state index >= 15 is 0 Å². The Bertz CT molecular complexity index is 684. The first kappa shape index (κ1) is 18.5. The average molecular weight is 340 g/mol. The number of hydrogen-bond acceptors (Lipinski definition) is 3. The fraction of sp³-hybridized carbons (Fsp3) is 0.300. The van der Waals surface area contributed by atoms with Crippen molar-refractivity contribution in [3.63, 3.8) is 0 Å². The lowest BCUT2D eigenvalue weighted by Crippen LogP contribution is -2.48. The number of amides is 2. The molecule has 2 amide bonds. The van der Waals surface area contributed by atoms with E-state index in [9.17, 15) is 9.59 Å². The van der Waals surface area contributed by atoms with Gasteiger partial charge in [0.1, 0.15) is 5.75 Å². The Morgan fingerprint density at radius 3 is 2.32 bits per heavy atom. The van der Waals surface area contributed by atoms with Crippen molar-refractivity contribution in [2.75, 3.05) is 0 Å². The van der Waals surface area contributed by atoms with Gasteiger partial charge in [-0.1, -0.05) is 55.0 Å². The van der Waals surface area contributed by atoms with Crippen molar-refractivity contribution in [3.8, 4) is 5.75 Å². The minimum atomic E-state index is -0.655. The van der Waals surface area contributed by atoms with Crippen LogP contribution in [-0.4, -0.2) is 17.9 Å². The lowest BCUT2D eigenvalue weighted by molar-refractivity contribution is -0.133. The van der Waals surface area contributed by atoms with E-state index < -0.39 is 6.10 Å². The fourth-order valence-electron chi connectivity index (χ4n) is 2.28. The molecule has 1 unspecified atom stereocenters. The first-order chi connectivity index (χ1) is 12.1. The molecule has 0 saturated carbocycles. The smallest absolute Gasteiger partial charge is 0.279 e. The van der Waals surface area contributed by atoms with Crippen LogP contribution < -0.4 is 15.6 Å². The molecular formula is C20H24N2O3. The summed E-state index contributed by atoms with van der Waals surface area (Å²) in [7, 11) is 0. The van der Waals surface area contributed by atoms with Crippen LogP contribution in [-0.2, 0) is 16.0 Å². The van der Waals surface area contributed by atoms with E-state index in [1.54, 1.807) is 0 Å². The van der Waals surface area contributed by atoms with Crippen LogP contribution in [0.4, 0.5) is 0 Å². The van der Waals surface area contributed by atoms with Gasteiger partial charge in [0.15, 0.2) is 6.10 Å². The number of carbonyl (C=O) groups is 2. The van der Waals surface area contributed by atoms with Gasteiger partial charge in [0.2, 0.25) is 5.91 Å². The van der Waals surface area contributed by atoms with Gasteiger partial charge in [0.25, 0.3) is 5.91 Å². The van der Waals surface area contributed by atoms with E-state index in [1.165, 1.54) is 0 Å². The van der Waals surface area contributed by atoms with Crippen LogP contribution in [0.25, 0.3) is 0 Å². The molecule has 25 heavy (non-hydrogen) atoms. The van der Waals surface area contributed by atoms with Gasteiger partial charge in [0, 0.05) is 6.42 Å². The molecule has 0 aromatic heterocycles. The molecule has 2 aromatic carbocycles. The number of hydrogen-bond donors (Lipinski definition) is 2. The molecule has 0 heterocycles. The summed E-state index contributed by atoms with van der Waals surface area (Å²) in [5, 5.41) is 0. The maximum absolute atomic E-state index is 12.2. The monoisotopic (exact) mass is 340 g/mol. The van der Waals surface area contributed by atoms with Crippen LogP contribution in [0.15, 0.2) is 54.6 Å². The molecule has 0 aliphatic rings. The first-order valence-electron chi connectivity index (χ1n) is 8.44. The second-order valence-electron chi connectivity index (χ2n) is 5.85. The lowest BCUT2D eigenvalue weighted by atomic mass is 10.1. The SMILES string of the molecule is CCC(Oc1ccc(C)cc1)C(=O)NNC(=O)CCc1ccccc1. The van der Waals surface area contributed by atoms with E-state index in [0.29, 0.717) is 25.0 Å². The minimum Gasteiger partial charge on any atom is -0.481 e. The van der Waals surface area contributed by atoms with Crippen molar-refractivity contribution in [2.45, 2.75) is 39.2 Å². The van der Waals surface area contributed by atoms with Gasteiger partial charge in [-0.2, -0.15) is 0 Å². The van der Waals surface area contributed by atoms with Gasteiger partial charge < -0.3 is 4.74 Å². The molecule has 1 atom stereocenters. The average Bonchev–Trinajstić information content (AvgIpc) is 2.64. The summed E-state index contributed by atoms with van der Waals surface area (Å²) in [6.07, 6.45) is 0.774. The lowest BCUT2D eigenvalue weighted by Gasteiger charge is -2.17. The zero-order valence-corrected chi connectivity index (χ0v) is 14.6. The van der Waals surface area contributed by atoms with E-state index in [2.05, 4.69) is 10.9 Å². The second-order valence-corrected chi connectivity index (χ2v) is 5.85. The third-order valence-corrected chi connectivity index (χ3v) is 3.77. The molecule has 0 fully saturated rings. The molecule has 0 bridgehead atoms. The van der Waals surface area contributed by atoms with Gasteiger partial charge >= 0.3 is 0 Å². The molecule has 0 spiro atoms. The van der Waals surface area contributed by atoms with Crippen LogP contribution in [0.3, 0.4) is 0 Å². The summed E-state index contributed by atoms with van der Waals surface area (Å²) in [6.45, 7) is 3.84. The van der Waals surface area contributed by atoms with Crippen molar-refractivity contribution in [1.29, 1.82) is 0 Å². The van der Waals surface area contributed by atoms with Gasteiger partial charge in [-0.15, -0.1) is 0 Å². The summed E-state index contributed by atoms with van der Waals surface area (Å²) in [6, 6.07) is 17.2. The number of benzene rings is 2. The number of nitrogens with one attached hydrogen (secondary N) is 2. The highest BCUT2D eigenvalue weighted by Crippen LogP contribution is 2.14. The predicted octanol–water partition coefficient (Wildman–Crippen LogP) is 2.93. The molecule has 5 nitrogen and oxygen atoms in total. The summed E-state index contributed by atoms with van der Waals surface area (Å²) in [5.41, 5.74) is 7.08. The summed E-state index contributed by atoms with van der Waals surface area (Å²) in [5.74, 6) is 0.0292. The Labute approximate surface area is 148 Å². The first-order valence-corrected chi connectivity index (χ1v) is 8.44. The molecule has 0 radical (unpaired) electrons. The Balaban J connectivity index is 1.77. The van der Waals surface area contributed by atoms with Crippen molar-refractivity contribution in [3.05, 3.63) is 65.7 Å². The van der Waals surface area contributed by atoms with E-state index in [1.807, 2.05) is 68.4 Å². The number of carbonyl (C=O) groups excluding carboxylic acids is 2. The number of hydrazine groups is 1. The van der Waals surface area contributed by atoms with Crippen molar-refractivity contribution in [2.24, 2.45) is 0 Å². The predicted molar refractivity (Wildman–Crippen MR) is 96.9 cm³/mol. The molecular weight excluding hydrogens is 316 g/mol. The zero-order chi connectivity index (χ0) is 18.1. The van der Waals surface area contributed by atoms with Gasteiger partial charge in [-0.25, -0.2) is 0 Å². The molecule has 0 aliphatic heterocycles. The Kier molecular flexibility index (Phi) is 7.01. The summed E-state index contributed by atoms with van der Waals surface area (Å²) >= 11 is 0. The molecule has 0 saturated heterocycles. The van der Waals surface area contributed by atoms with Crippen molar-refractivity contribution >= 4 is 11.8 Å². The number of aryl methyl sites for hydroxylation is 2. The van der Waals surface area contributed by atoms with Crippen molar-refractivity contribution < 1.29 is 14.3 Å². The highest BCUT2D eigenvalue weighted by atomic mass is 16.5. The maximum Gasteiger partial charge on any atom is 0.279 e. The fourth-order valence-corrected chi connectivity index (χ4v) is 2.28. The van der Waals surface area contributed by atoms with Crippen LogP contribution in [0.2, 0.25) is 0 Å². The second kappa shape index (κ2) is 9.47. The molecule has 2 aromatic rings. The van der Waals surface area contributed by atoms with Crippen LogP contribution in [0.5, 0.6) is 5.75 Å². The van der Waals surface area contributed by atoms with Gasteiger partial charge in [0.05, 0.1) is 0 Å². The molecule has 2 N–H and O–H groups in total. The highest BCUT2D eigenvalue weighted by Gasteiger charge is 2.18. The van der Waals surface area contributed by atoms with Crippen LogP contribution >= 0.6 is 0 Å². The third kappa shape index (κ3) is 6.30. The Hall–Kier alpha value is -2.82. The third-order valence-electron chi connectivity index (χ3n) is 3.77. The molecule has 0 aliphatic carbocycles. The van der Waals surface area contributed by atoms with Crippen LogP contribution in [0.1, 0.15) is 30.9 Å². The number of rotatable bonds is 7. The Morgan fingerprint density at radius 1 is 1.00 bits per heavy atom. The zero-order valence-electron chi connectivity index (χ0n) is 14.6. The van der Waals surface area contributed by atoms with Crippen molar-refractivity contribution in [1.82, 2.24) is 10.9 Å². The minimum absolute atomic E-state index is 0.234. The number of ether oxygens (including phenoxy) is 1. The summed E-state index contributed by atoms with van der Waals surface area (Å²) < 4.78 is 5.68. The van der Waals surface area contributed by atoms with Gasteiger partial charge in [-0.3, -0.25) is 20.4 Å². The molecule has 2 rings (SSSR count). The van der Waals surface area contributed by atoms with E-state index in [4.69, 9.17) is 4.74 Å². The van der Waals surface area contributed by atoms with E-state index in [0.717, 1.165) is 11.1 Å². The highest BCUT2D eigenvalue weighted by molar-refractivity contribution is 5.84. The molecule has 5 heteroatoms. The normalized spacial score (nSPS) is 11.4. The Morgan fingerprint density at radius 2 is 1.68 bits per heavy atom. The molecule has 132 valence electrons. The quantitative estimate of drug-likeness (QED) is 0.762. The van der Waals surface area contributed by atoms with Gasteiger partial charge in [-0.05, 0) is 37.5 Å². The topological polar surface area (TPSA) is 67.4 Å². The van der Waals surface area contributed by atoms with E-state index in [-0.39, 0.29) is 11.8 Å². The summed E-state index contributed by atoms with van der Waals surface area (Å²) in [4.78, 5) is 24.0. The maximum atomic E-state index is 12.2. The largest absolute Gasteiger partial charge is 0.481 e.